The number of carbonyl (C=O) groups is 1. The van der Waals surface area contributed by atoms with Crippen molar-refractivity contribution in [2.45, 2.75) is 47.1 Å². The van der Waals surface area contributed by atoms with E-state index in [4.69, 9.17) is 4.74 Å². The molecule has 0 radical (unpaired) electrons. The first-order valence-electron chi connectivity index (χ1n) is 6.75. The van der Waals surface area contributed by atoms with Crippen LogP contribution in [-0.4, -0.2) is 49.7 Å². The Bertz CT molecular complexity index is 261. The molecule has 4 nitrogen and oxygen atoms in total. The minimum atomic E-state index is -0.634. The summed E-state index contributed by atoms with van der Waals surface area (Å²) in [4.78, 5) is 14.2. The van der Waals surface area contributed by atoms with Gasteiger partial charge in [-0.25, -0.2) is 0 Å². The maximum Gasteiger partial charge on any atom is 0.327 e. The largest absolute Gasteiger partial charge is 0.465 e. The highest BCUT2D eigenvalue weighted by molar-refractivity contribution is 5.80. The van der Waals surface area contributed by atoms with Crippen molar-refractivity contribution in [3.05, 3.63) is 0 Å². The van der Waals surface area contributed by atoms with E-state index in [1.54, 1.807) is 0 Å². The Morgan fingerprint density at radius 2 is 1.72 bits per heavy atom. The van der Waals surface area contributed by atoms with E-state index in [9.17, 15) is 4.79 Å². The second-order valence-electron chi connectivity index (χ2n) is 6.32. The van der Waals surface area contributed by atoms with Crippen LogP contribution in [0.2, 0.25) is 0 Å². The Balaban J connectivity index is 4.64. The van der Waals surface area contributed by atoms with Gasteiger partial charge in [0.25, 0.3) is 0 Å². The predicted octanol–water partition coefficient (Wildman–Crippen LogP) is 1.90. The van der Waals surface area contributed by atoms with Crippen LogP contribution in [0.1, 0.15) is 41.5 Å². The van der Waals surface area contributed by atoms with Crippen LogP contribution in [0.4, 0.5) is 0 Å². The van der Waals surface area contributed by atoms with Crippen molar-refractivity contribution in [1.82, 2.24) is 10.2 Å². The highest BCUT2D eigenvalue weighted by Crippen LogP contribution is 2.17. The van der Waals surface area contributed by atoms with Gasteiger partial charge in [0, 0.05) is 13.1 Å². The lowest BCUT2D eigenvalue weighted by Gasteiger charge is -2.35. The Kier molecular flexibility index (Phi) is 6.86. The van der Waals surface area contributed by atoms with Crippen LogP contribution in [-0.2, 0) is 9.53 Å². The number of esters is 1. The van der Waals surface area contributed by atoms with Gasteiger partial charge in [-0.2, -0.15) is 0 Å². The molecule has 0 bridgehead atoms. The maximum absolute atomic E-state index is 12.0. The van der Waals surface area contributed by atoms with Crippen molar-refractivity contribution in [3.8, 4) is 0 Å². The van der Waals surface area contributed by atoms with Crippen molar-refractivity contribution >= 4 is 5.97 Å². The molecule has 0 aliphatic rings. The van der Waals surface area contributed by atoms with Crippen molar-refractivity contribution in [2.24, 2.45) is 5.41 Å². The van der Waals surface area contributed by atoms with E-state index in [0.717, 1.165) is 13.1 Å². The molecule has 1 N–H and O–H groups in total. The molecule has 0 saturated carbocycles. The van der Waals surface area contributed by atoms with Crippen LogP contribution in [0.3, 0.4) is 0 Å². The summed E-state index contributed by atoms with van der Waals surface area (Å²) in [6.07, 6.45) is 0. The third-order valence-electron chi connectivity index (χ3n) is 2.62. The molecule has 1 atom stereocenters. The first kappa shape index (κ1) is 17.4. The van der Waals surface area contributed by atoms with Gasteiger partial charge in [0.15, 0.2) is 0 Å². The van der Waals surface area contributed by atoms with Crippen LogP contribution in [0.15, 0.2) is 0 Å². The molecule has 0 rings (SSSR count). The van der Waals surface area contributed by atoms with Gasteiger partial charge < -0.3 is 15.0 Å². The first-order chi connectivity index (χ1) is 8.14. The Morgan fingerprint density at radius 3 is 2.11 bits per heavy atom. The number of likely N-dealkylation sites (N-methyl/N-ethyl adjacent to an activating group) is 2. The molecule has 0 heterocycles. The van der Waals surface area contributed by atoms with Crippen LogP contribution in [0, 0.1) is 5.41 Å². The number of hydrogen-bond acceptors (Lipinski definition) is 4. The number of rotatable bonds is 7. The van der Waals surface area contributed by atoms with Crippen LogP contribution >= 0.6 is 0 Å². The Labute approximate surface area is 112 Å². The average molecular weight is 258 g/mol. The van der Waals surface area contributed by atoms with Crippen molar-refractivity contribution in [1.29, 1.82) is 0 Å². The van der Waals surface area contributed by atoms with E-state index in [-0.39, 0.29) is 11.4 Å². The molecular weight excluding hydrogens is 228 g/mol. The second kappa shape index (κ2) is 7.10. The SMILES string of the molecule is CCNC(C)(CN(C)CC(C)(C)C)C(=O)OCC. The molecule has 0 spiro atoms. The zero-order valence-corrected chi connectivity index (χ0v) is 13.1. The fraction of sp³-hybridized carbons (Fsp3) is 0.929. The summed E-state index contributed by atoms with van der Waals surface area (Å²) in [5.41, 5.74) is -0.415. The zero-order chi connectivity index (χ0) is 14.4. The quantitative estimate of drug-likeness (QED) is 0.708. The van der Waals surface area contributed by atoms with E-state index in [0.29, 0.717) is 13.2 Å². The van der Waals surface area contributed by atoms with E-state index >= 15 is 0 Å². The molecule has 0 amide bonds. The smallest absolute Gasteiger partial charge is 0.327 e. The van der Waals surface area contributed by atoms with Crippen molar-refractivity contribution < 1.29 is 9.53 Å². The maximum atomic E-state index is 12.0. The molecule has 0 saturated heterocycles. The topological polar surface area (TPSA) is 41.6 Å². The summed E-state index contributed by atoms with van der Waals surface area (Å²) in [6.45, 7) is 15.1. The lowest BCUT2D eigenvalue weighted by molar-refractivity contribution is -0.151. The van der Waals surface area contributed by atoms with Gasteiger partial charge in [-0.05, 0) is 32.9 Å². The Morgan fingerprint density at radius 1 is 1.17 bits per heavy atom. The standard InChI is InChI=1S/C14H30N2O2/c1-8-15-14(6,12(17)18-9-2)11-16(7)10-13(3,4)5/h15H,8-11H2,1-7H3. The van der Waals surface area contributed by atoms with Gasteiger partial charge >= 0.3 is 5.97 Å². The first-order valence-corrected chi connectivity index (χ1v) is 6.75. The molecule has 0 aliphatic carbocycles. The summed E-state index contributed by atoms with van der Waals surface area (Å²) in [7, 11) is 2.04. The third kappa shape index (κ3) is 6.36. The van der Waals surface area contributed by atoms with Crippen LogP contribution in [0.5, 0.6) is 0 Å². The summed E-state index contributed by atoms with van der Waals surface area (Å²) in [6, 6.07) is 0. The molecule has 0 aliphatic heterocycles. The number of nitrogens with zero attached hydrogens (tertiary/aromatic N) is 1. The highest BCUT2D eigenvalue weighted by Gasteiger charge is 2.35. The lowest BCUT2D eigenvalue weighted by Crippen LogP contribution is -2.57. The molecule has 4 heteroatoms. The van der Waals surface area contributed by atoms with Gasteiger partial charge in [0.1, 0.15) is 5.54 Å². The van der Waals surface area contributed by atoms with Gasteiger partial charge in [-0.1, -0.05) is 27.7 Å². The molecule has 0 aromatic heterocycles. The average Bonchev–Trinajstić information content (AvgIpc) is 2.14. The number of carbonyl (C=O) groups excluding carboxylic acids is 1. The normalized spacial score (nSPS) is 15.6. The van der Waals surface area contributed by atoms with E-state index in [1.807, 2.05) is 27.8 Å². The molecule has 0 fully saturated rings. The molecular formula is C14H30N2O2. The van der Waals surface area contributed by atoms with E-state index < -0.39 is 5.54 Å². The lowest BCUT2D eigenvalue weighted by atomic mass is 9.94. The van der Waals surface area contributed by atoms with E-state index in [1.165, 1.54) is 0 Å². The van der Waals surface area contributed by atoms with Crippen molar-refractivity contribution in [3.63, 3.8) is 0 Å². The minimum Gasteiger partial charge on any atom is -0.465 e. The zero-order valence-electron chi connectivity index (χ0n) is 13.1. The van der Waals surface area contributed by atoms with Crippen LogP contribution < -0.4 is 5.32 Å². The summed E-state index contributed by atoms with van der Waals surface area (Å²) in [5.74, 6) is -0.174. The van der Waals surface area contributed by atoms with Crippen LogP contribution in [0.25, 0.3) is 0 Å². The summed E-state index contributed by atoms with van der Waals surface area (Å²) < 4.78 is 5.16. The Hall–Kier alpha value is -0.610. The second-order valence-corrected chi connectivity index (χ2v) is 6.32. The predicted molar refractivity (Wildman–Crippen MR) is 75.7 cm³/mol. The molecule has 0 aromatic rings. The fourth-order valence-electron chi connectivity index (χ4n) is 2.28. The monoisotopic (exact) mass is 258 g/mol. The third-order valence-corrected chi connectivity index (χ3v) is 2.62. The van der Waals surface area contributed by atoms with Gasteiger partial charge in [0.05, 0.1) is 6.61 Å². The fourth-order valence-corrected chi connectivity index (χ4v) is 2.28. The molecule has 1 unspecified atom stereocenters. The number of hydrogen-bond donors (Lipinski definition) is 1. The molecule has 108 valence electrons. The van der Waals surface area contributed by atoms with Gasteiger partial charge in [0.2, 0.25) is 0 Å². The molecule has 18 heavy (non-hydrogen) atoms. The van der Waals surface area contributed by atoms with E-state index in [2.05, 4.69) is 31.0 Å². The van der Waals surface area contributed by atoms with Crippen molar-refractivity contribution in [2.75, 3.05) is 33.3 Å². The van der Waals surface area contributed by atoms with Gasteiger partial charge in [-0.3, -0.25) is 4.79 Å². The summed E-state index contributed by atoms with van der Waals surface area (Å²) >= 11 is 0. The number of nitrogens with one attached hydrogen (secondary N) is 1. The molecule has 0 aromatic carbocycles. The summed E-state index contributed by atoms with van der Waals surface area (Å²) in [5, 5.41) is 3.24. The highest BCUT2D eigenvalue weighted by atomic mass is 16.5. The van der Waals surface area contributed by atoms with Gasteiger partial charge in [-0.15, -0.1) is 0 Å². The number of ether oxygens (including phenoxy) is 1. The minimum absolute atomic E-state index is 0.174.